The van der Waals surface area contributed by atoms with E-state index in [0.717, 1.165) is 15.8 Å². The second-order valence-electron chi connectivity index (χ2n) is 5.81. The third-order valence-electron chi connectivity index (χ3n) is 3.76. The first-order valence-electron chi connectivity index (χ1n) is 7.95. The number of likely N-dealkylation sites (N-methyl/N-ethyl adjacent to an activating group) is 1. The van der Waals surface area contributed by atoms with Gasteiger partial charge in [0.1, 0.15) is 11.5 Å². The van der Waals surface area contributed by atoms with Crippen molar-refractivity contribution in [1.29, 1.82) is 0 Å². The summed E-state index contributed by atoms with van der Waals surface area (Å²) in [5.41, 5.74) is 1.08. The predicted octanol–water partition coefficient (Wildman–Crippen LogP) is 3.26. The van der Waals surface area contributed by atoms with Gasteiger partial charge in [0.05, 0.1) is 13.2 Å². The summed E-state index contributed by atoms with van der Waals surface area (Å²) < 4.78 is 11.7. The van der Waals surface area contributed by atoms with Gasteiger partial charge in [-0.1, -0.05) is 34.1 Å². The summed E-state index contributed by atoms with van der Waals surface area (Å²) in [7, 11) is 5.60. The van der Waals surface area contributed by atoms with Crippen molar-refractivity contribution in [2.24, 2.45) is 0 Å². The number of hydrogen-bond donors (Lipinski definition) is 1. The standard InChI is InChI=1S/C19H23BrN2O3/c1-22(2)18(14-6-4-8-16(10-14)24-3)12-21-19(23)13-25-17-9-5-7-15(20)11-17/h4-11,18H,12-13H2,1-3H3,(H,21,23). The van der Waals surface area contributed by atoms with Crippen molar-refractivity contribution in [3.8, 4) is 11.5 Å². The average molecular weight is 407 g/mol. The Morgan fingerprint density at radius 3 is 2.56 bits per heavy atom. The Morgan fingerprint density at radius 1 is 1.16 bits per heavy atom. The Balaban J connectivity index is 1.90. The highest BCUT2D eigenvalue weighted by atomic mass is 79.9. The number of benzene rings is 2. The Bertz CT molecular complexity index is 707. The molecule has 2 aromatic carbocycles. The molecule has 0 spiro atoms. The summed E-state index contributed by atoms with van der Waals surface area (Å²) >= 11 is 3.38. The van der Waals surface area contributed by atoms with Crippen LogP contribution >= 0.6 is 15.9 Å². The first-order valence-corrected chi connectivity index (χ1v) is 8.74. The predicted molar refractivity (Wildman–Crippen MR) is 102 cm³/mol. The topological polar surface area (TPSA) is 50.8 Å². The van der Waals surface area contributed by atoms with Gasteiger partial charge in [0.2, 0.25) is 0 Å². The number of carbonyl (C=O) groups excluding carboxylic acids is 1. The molecule has 1 N–H and O–H groups in total. The number of amides is 1. The number of hydrogen-bond acceptors (Lipinski definition) is 4. The van der Waals surface area contributed by atoms with E-state index in [1.165, 1.54) is 0 Å². The molecule has 5 nitrogen and oxygen atoms in total. The van der Waals surface area contributed by atoms with Gasteiger partial charge < -0.3 is 19.7 Å². The van der Waals surface area contributed by atoms with Crippen molar-refractivity contribution in [3.63, 3.8) is 0 Å². The molecule has 0 aromatic heterocycles. The van der Waals surface area contributed by atoms with Crippen molar-refractivity contribution < 1.29 is 14.3 Å². The number of nitrogens with zero attached hydrogens (tertiary/aromatic N) is 1. The maximum absolute atomic E-state index is 12.1. The highest BCUT2D eigenvalue weighted by molar-refractivity contribution is 9.10. The Hall–Kier alpha value is -2.05. The van der Waals surface area contributed by atoms with Crippen molar-refractivity contribution in [2.75, 3.05) is 34.4 Å². The maximum Gasteiger partial charge on any atom is 0.258 e. The monoisotopic (exact) mass is 406 g/mol. The second-order valence-corrected chi connectivity index (χ2v) is 6.72. The minimum Gasteiger partial charge on any atom is -0.497 e. The molecule has 25 heavy (non-hydrogen) atoms. The summed E-state index contributed by atoms with van der Waals surface area (Å²) in [5.74, 6) is 1.30. The van der Waals surface area contributed by atoms with E-state index < -0.39 is 0 Å². The SMILES string of the molecule is COc1cccc(C(CNC(=O)COc2cccc(Br)c2)N(C)C)c1. The highest BCUT2D eigenvalue weighted by Gasteiger charge is 2.16. The van der Waals surface area contributed by atoms with Gasteiger partial charge in [0, 0.05) is 11.0 Å². The molecule has 2 rings (SSSR count). The lowest BCUT2D eigenvalue weighted by atomic mass is 10.1. The molecule has 0 radical (unpaired) electrons. The quantitative estimate of drug-likeness (QED) is 0.730. The van der Waals surface area contributed by atoms with E-state index in [1.807, 2.05) is 62.6 Å². The summed E-state index contributed by atoms with van der Waals surface area (Å²) in [6.07, 6.45) is 0. The Kier molecular flexibility index (Phi) is 7.28. The van der Waals surface area contributed by atoms with Crippen molar-refractivity contribution in [2.45, 2.75) is 6.04 Å². The van der Waals surface area contributed by atoms with Crippen LogP contribution in [0, 0.1) is 0 Å². The molecule has 0 saturated carbocycles. The molecule has 0 aliphatic carbocycles. The van der Waals surface area contributed by atoms with E-state index in [4.69, 9.17) is 9.47 Å². The van der Waals surface area contributed by atoms with Crippen molar-refractivity contribution in [3.05, 3.63) is 58.6 Å². The third-order valence-corrected chi connectivity index (χ3v) is 4.25. The zero-order valence-corrected chi connectivity index (χ0v) is 16.2. The normalized spacial score (nSPS) is 11.9. The zero-order chi connectivity index (χ0) is 18.2. The van der Waals surface area contributed by atoms with Crippen LogP contribution in [0.15, 0.2) is 53.0 Å². The molecule has 1 unspecified atom stereocenters. The van der Waals surface area contributed by atoms with E-state index in [0.29, 0.717) is 12.3 Å². The smallest absolute Gasteiger partial charge is 0.258 e. The van der Waals surface area contributed by atoms with Crippen LogP contribution in [0.25, 0.3) is 0 Å². The van der Waals surface area contributed by atoms with Gasteiger partial charge in [-0.05, 0) is 50.0 Å². The molecular weight excluding hydrogens is 384 g/mol. The molecule has 0 bridgehead atoms. The van der Waals surface area contributed by atoms with Gasteiger partial charge in [-0.15, -0.1) is 0 Å². The largest absolute Gasteiger partial charge is 0.497 e. The number of nitrogens with one attached hydrogen (secondary N) is 1. The highest BCUT2D eigenvalue weighted by Crippen LogP contribution is 2.22. The zero-order valence-electron chi connectivity index (χ0n) is 14.7. The molecule has 0 aliphatic heterocycles. The van der Waals surface area contributed by atoms with Crippen LogP contribution in [0.4, 0.5) is 0 Å². The fourth-order valence-corrected chi connectivity index (χ4v) is 2.79. The van der Waals surface area contributed by atoms with Gasteiger partial charge in [-0.3, -0.25) is 4.79 Å². The molecule has 1 amide bonds. The minimum atomic E-state index is -0.158. The fraction of sp³-hybridized carbons (Fsp3) is 0.316. The van der Waals surface area contributed by atoms with E-state index in [2.05, 4.69) is 26.1 Å². The van der Waals surface area contributed by atoms with Crippen molar-refractivity contribution >= 4 is 21.8 Å². The first-order chi connectivity index (χ1) is 12.0. The summed E-state index contributed by atoms with van der Waals surface area (Å²) in [6.45, 7) is 0.468. The molecule has 0 aliphatic rings. The number of halogens is 1. The number of rotatable bonds is 8. The summed E-state index contributed by atoms with van der Waals surface area (Å²) in [6, 6.07) is 15.3. The molecule has 1 atom stereocenters. The average Bonchev–Trinajstić information content (AvgIpc) is 2.60. The minimum absolute atomic E-state index is 0.0191. The number of carbonyl (C=O) groups is 1. The third kappa shape index (κ3) is 6.07. The van der Waals surface area contributed by atoms with Gasteiger partial charge in [0.25, 0.3) is 5.91 Å². The molecule has 6 heteroatoms. The molecule has 134 valence electrons. The van der Waals surface area contributed by atoms with E-state index in [-0.39, 0.29) is 18.6 Å². The van der Waals surface area contributed by atoms with E-state index >= 15 is 0 Å². The molecule has 0 fully saturated rings. The molecule has 0 saturated heterocycles. The van der Waals surface area contributed by atoms with Crippen LogP contribution in [0.1, 0.15) is 11.6 Å². The second kappa shape index (κ2) is 9.44. The van der Waals surface area contributed by atoms with Gasteiger partial charge in [-0.2, -0.15) is 0 Å². The van der Waals surface area contributed by atoms with Crippen LogP contribution in [0.5, 0.6) is 11.5 Å². The lowest BCUT2D eigenvalue weighted by Gasteiger charge is -2.25. The lowest BCUT2D eigenvalue weighted by molar-refractivity contribution is -0.123. The summed E-state index contributed by atoms with van der Waals surface area (Å²) in [5, 5.41) is 2.93. The van der Waals surface area contributed by atoms with Crippen molar-refractivity contribution in [1.82, 2.24) is 10.2 Å². The van der Waals surface area contributed by atoms with E-state index in [9.17, 15) is 4.79 Å². The maximum atomic E-state index is 12.1. The van der Waals surface area contributed by atoms with E-state index in [1.54, 1.807) is 7.11 Å². The summed E-state index contributed by atoms with van der Waals surface area (Å²) in [4.78, 5) is 14.2. The lowest BCUT2D eigenvalue weighted by Crippen LogP contribution is -2.36. The fourth-order valence-electron chi connectivity index (χ4n) is 2.41. The van der Waals surface area contributed by atoms with Gasteiger partial charge >= 0.3 is 0 Å². The van der Waals surface area contributed by atoms with Gasteiger partial charge in [-0.25, -0.2) is 0 Å². The van der Waals surface area contributed by atoms with Gasteiger partial charge in [0.15, 0.2) is 6.61 Å². The molecule has 2 aromatic rings. The van der Waals surface area contributed by atoms with Crippen LogP contribution in [0.2, 0.25) is 0 Å². The first kappa shape index (κ1) is 19.3. The van der Waals surface area contributed by atoms with Crippen LogP contribution < -0.4 is 14.8 Å². The molecular formula is C19H23BrN2O3. The van der Waals surface area contributed by atoms with Crippen LogP contribution in [-0.4, -0.2) is 45.2 Å². The van der Waals surface area contributed by atoms with Crippen LogP contribution in [0.3, 0.4) is 0 Å². The molecule has 0 heterocycles. The van der Waals surface area contributed by atoms with Crippen LogP contribution in [-0.2, 0) is 4.79 Å². The number of ether oxygens (including phenoxy) is 2. The Labute approximate surface area is 157 Å². The Morgan fingerprint density at radius 2 is 1.88 bits per heavy atom. The number of methoxy groups -OCH3 is 1.